The number of fused-ring (bicyclic) bond motifs is 1. The Labute approximate surface area is 139 Å². The molecule has 0 saturated carbocycles. The average Bonchev–Trinajstić information content (AvgIpc) is 3.02. The van der Waals surface area contributed by atoms with E-state index in [1.54, 1.807) is 41.2 Å². The van der Waals surface area contributed by atoms with Crippen LogP contribution in [0, 0.1) is 0 Å². The summed E-state index contributed by atoms with van der Waals surface area (Å²) in [5.41, 5.74) is 2.09. The monoisotopic (exact) mass is 328 g/mol. The zero-order chi connectivity index (χ0) is 16.2. The van der Waals surface area contributed by atoms with Crippen LogP contribution in [0.25, 0.3) is 5.65 Å². The van der Waals surface area contributed by atoms with Crippen molar-refractivity contribution in [1.29, 1.82) is 0 Å². The number of anilines is 1. The maximum atomic E-state index is 12.5. The van der Waals surface area contributed by atoms with Crippen LogP contribution in [0.3, 0.4) is 0 Å². The van der Waals surface area contributed by atoms with E-state index in [1.807, 2.05) is 6.07 Å². The van der Waals surface area contributed by atoms with Crippen molar-refractivity contribution in [3.05, 3.63) is 59.1 Å². The second-order valence-electron chi connectivity index (χ2n) is 5.29. The number of aryl methyl sites for hydroxylation is 1. The lowest BCUT2D eigenvalue weighted by atomic mass is 10.2. The summed E-state index contributed by atoms with van der Waals surface area (Å²) in [5, 5.41) is 3.33. The summed E-state index contributed by atoms with van der Waals surface area (Å²) in [6, 6.07) is 8.86. The molecule has 6 heteroatoms. The van der Waals surface area contributed by atoms with Gasteiger partial charge in [-0.1, -0.05) is 37.1 Å². The molecule has 118 valence electrons. The highest BCUT2D eigenvalue weighted by molar-refractivity contribution is 6.34. The summed E-state index contributed by atoms with van der Waals surface area (Å²) in [5.74, 6) is 0.391. The molecule has 0 fully saturated rings. The number of carbonyl (C=O) groups is 1. The third-order valence-electron chi connectivity index (χ3n) is 3.59. The molecule has 1 aromatic carbocycles. The molecule has 5 nitrogen and oxygen atoms in total. The number of nitrogens with one attached hydrogen (secondary N) is 1. The van der Waals surface area contributed by atoms with E-state index in [4.69, 9.17) is 11.6 Å². The van der Waals surface area contributed by atoms with Crippen molar-refractivity contribution in [2.75, 3.05) is 5.32 Å². The number of carbonyl (C=O) groups excluding carboxylic acids is 1. The molecule has 1 amide bonds. The molecule has 23 heavy (non-hydrogen) atoms. The average molecular weight is 329 g/mol. The second-order valence-corrected chi connectivity index (χ2v) is 5.70. The van der Waals surface area contributed by atoms with Crippen LogP contribution >= 0.6 is 11.6 Å². The Morgan fingerprint density at radius 2 is 2.17 bits per heavy atom. The van der Waals surface area contributed by atoms with Gasteiger partial charge in [0.05, 0.1) is 16.8 Å². The molecule has 1 N–H and O–H groups in total. The van der Waals surface area contributed by atoms with E-state index in [9.17, 15) is 4.79 Å². The molecule has 3 rings (SSSR count). The van der Waals surface area contributed by atoms with Crippen molar-refractivity contribution >= 4 is 29.0 Å². The number of imidazole rings is 1. The Morgan fingerprint density at radius 3 is 2.96 bits per heavy atom. The quantitative estimate of drug-likeness (QED) is 0.770. The van der Waals surface area contributed by atoms with Crippen LogP contribution in [0.4, 0.5) is 5.82 Å². The van der Waals surface area contributed by atoms with E-state index in [2.05, 4.69) is 22.2 Å². The van der Waals surface area contributed by atoms with Gasteiger partial charge < -0.3 is 5.32 Å². The minimum atomic E-state index is -0.252. The van der Waals surface area contributed by atoms with Gasteiger partial charge in [0.15, 0.2) is 5.65 Å². The summed E-state index contributed by atoms with van der Waals surface area (Å²) in [7, 11) is 0. The number of nitrogens with zero attached hydrogens (tertiary/aromatic N) is 3. The van der Waals surface area contributed by atoms with E-state index in [1.165, 1.54) is 0 Å². The van der Waals surface area contributed by atoms with Crippen LogP contribution in [0.5, 0.6) is 0 Å². The first kappa shape index (κ1) is 15.5. The molecule has 0 saturated heterocycles. The SMILES string of the molecule is CCCCc1cc(NC(=O)c2ccccc2Cl)n2cncc2n1. The Balaban J connectivity index is 1.93. The number of amides is 1. The minimum absolute atomic E-state index is 0.252. The molecule has 2 aromatic heterocycles. The van der Waals surface area contributed by atoms with Gasteiger partial charge in [-0.3, -0.25) is 9.20 Å². The van der Waals surface area contributed by atoms with Crippen LogP contribution in [-0.2, 0) is 6.42 Å². The van der Waals surface area contributed by atoms with Gasteiger partial charge in [0.25, 0.3) is 5.91 Å². The number of halogens is 1. The minimum Gasteiger partial charge on any atom is -0.308 e. The van der Waals surface area contributed by atoms with Crippen molar-refractivity contribution < 1.29 is 4.79 Å². The molecule has 0 atom stereocenters. The fraction of sp³-hybridized carbons (Fsp3) is 0.235. The van der Waals surface area contributed by atoms with E-state index in [0.29, 0.717) is 22.1 Å². The van der Waals surface area contributed by atoms with Gasteiger partial charge in [0, 0.05) is 11.8 Å². The molecule has 0 bridgehead atoms. The van der Waals surface area contributed by atoms with Gasteiger partial charge in [0.2, 0.25) is 0 Å². The van der Waals surface area contributed by atoms with Crippen LogP contribution in [-0.4, -0.2) is 20.3 Å². The molecule has 0 unspecified atom stereocenters. The number of hydrogen-bond acceptors (Lipinski definition) is 3. The zero-order valence-corrected chi connectivity index (χ0v) is 13.5. The lowest BCUT2D eigenvalue weighted by molar-refractivity contribution is 0.102. The van der Waals surface area contributed by atoms with Gasteiger partial charge in [-0.15, -0.1) is 0 Å². The number of benzene rings is 1. The van der Waals surface area contributed by atoms with E-state index >= 15 is 0 Å². The van der Waals surface area contributed by atoms with Crippen molar-refractivity contribution in [2.24, 2.45) is 0 Å². The van der Waals surface area contributed by atoms with Crippen molar-refractivity contribution in [3.63, 3.8) is 0 Å². The van der Waals surface area contributed by atoms with Gasteiger partial charge >= 0.3 is 0 Å². The van der Waals surface area contributed by atoms with E-state index in [0.717, 1.165) is 25.0 Å². The Morgan fingerprint density at radius 1 is 1.35 bits per heavy atom. The summed E-state index contributed by atoms with van der Waals surface area (Å²) in [6.45, 7) is 2.14. The van der Waals surface area contributed by atoms with Crippen molar-refractivity contribution in [3.8, 4) is 0 Å². The molecule has 0 radical (unpaired) electrons. The fourth-order valence-corrected chi connectivity index (χ4v) is 2.60. The number of rotatable bonds is 5. The first-order chi connectivity index (χ1) is 11.2. The Hall–Kier alpha value is -2.40. The first-order valence-electron chi connectivity index (χ1n) is 7.57. The van der Waals surface area contributed by atoms with Gasteiger partial charge in [-0.25, -0.2) is 9.97 Å². The normalized spacial score (nSPS) is 10.9. The maximum Gasteiger partial charge on any atom is 0.258 e. The van der Waals surface area contributed by atoms with Crippen molar-refractivity contribution in [2.45, 2.75) is 26.2 Å². The highest BCUT2D eigenvalue weighted by Crippen LogP contribution is 2.19. The van der Waals surface area contributed by atoms with Gasteiger partial charge in [-0.05, 0) is 25.0 Å². The summed E-state index contributed by atoms with van der Waals surface area (Å²) in [6.07, 6.45) is 6.32. The molecule has 0 aliphatic heterocycles. The number of unbranched alkanes of at least 4 members (excludes halogenated alkanes) is 1. The number of hydrogen-bond donors (Lipinski definition) is 1. The standard InChI is InChI=1S/C17H17ClN4O/c1-2-3-6-12-9-15(22-11-19-10-16(22)20-12)21-17(23)13-7-4-5-8-14(13)18/h4-5,7-11H,2-3,6H2,1H3,(H,21,23). The zero-order valence-electron chi connectivity index (χ0n) is 12.8. The van der Waals surface area contributed by atoms with Crippen LogP contribution in [0.15, 0.2) is 42.9 Å². The highest BCUT2D eigenvalue weighted by Gasteiger charge is 2.13. The summed E-state index contributed by atoms with van der Waals surface area (Å²) < 4.78 is 1.75. The lowest BCUT2D eigenvalue weighted by Crippen LogP contribution is -2.15. The highest BCUT2D eigenvalue weighted by atomic mass is 35.5. The Bertz CT molecular complexity index is 843. The third kappa shape index (κ3) is 3.35. The van der Waals surface area contributed by atoms with Gasteiger partial charge in [0.1, 0.15) is 12.1 Å². The fourth-order valence-electron chi connectivity index (χ4n) is 2.37. The molecule has 0 aliphatic rings. The van der Waals surface area contributed by atoms with Crippen LogP contribution in [0.1, 0.15) is 35.8 Å². The molecule has 3 aromatic rings. The lowest BCUT2D eigenvalue weighted by Gasteiger charge is -2.10. The predicted molar refractivity (Wildman–Crippen MR) is 91.0 cm³/mol. The predicted octanol–water partition coefficient (Wildman–Crippen LogP) is 3.98. The number of aromatic nitrogens is 3. The topological polar surface area (TPSA) is 59.3 Å². The molecule has 0 spiro atoms. The summed E-state index contributed by atoms with van der Waals surface area (Å²) in [4.78, 5) is 21.1. The second kappa shape index (κ2) is 6.79. The largest absolute Gasteiger partial charge is 0.308 e. The molecular formula is C17H17ClN4O. The third-order valence-corrected chi connectivity index (χ3v) is 3.92. The molecular weight excluding hydrogens is 312 g/mol. The Kier molecular flexibility index (Phi) is 4.57. The first-order valence-corrected chi connectivity index (χ1v) is 7.94. The van der Waals surface area contributed by atoms with Crippen LogP contribution in [0.2, 0.25) is 5.02 Å². The smallest absolute Gasteiger partial charge is 0.258 e. The summed E-state index contributed by atoms with van der Waals surface area (Å²) >= 11 is 6.09. The van der Waals surface area contributed by atoms with Crippen LogP contribution < -0.4 is 5.32 Å². The van der Waals surface area contributed by atoms with E-state index < -0.39 is 0 Å². The van der Waals surface area contributed by atoms with Crippen molar-refractivity contribution in [1.82, 2.24) is 14.4 Å². The maximum absolute atomic E-state index is 12.5. The van der Waals surface area contributed by atoms with Gasteiger partial charge in [-0.2, -0.15) is 0 Å². The molecule has 0 aliphatic carbocycles. The molecule has 2 heterocycles. The van der Waals surface area contributed by atoms with E-state index in [-0.39, 0.29) is 5.91 Å².